The van der Waals surface area contributed by atoms with Crippen LogP contribution in [-0.2, 0) is 21.2 Å². The van der Waals surface area contributed by atoms with Gasteiger partial charge in [-0.1, -0.05) is 6.92 Å². The van der Waals surface area contributed by atoms with Crippen molar-refractivity contribution in [1.29, 1.82) is 0 Å². The van der Waals surface area contributed by atoms with E-state index in [1.807, 2.05) is 53.7 Å². The van der Waals surface area contributed by atoms with E-state index in [4.69, 9.17) is 0 Å². The summed E-state index contributed by atoms with van der Waals surface area (Å²) >= 11 is 0. The average molecular weight is 415 g/mol. The summed E-state index contributed by atoms with van der Waals surface area (Å²) in [4.78, 5) is 14.4. The number of hydrogen-bond acceptors (Lipinski definition) is 3. The first-order chi connectivity index (χ1) is 13.6. The molecule has 2 aromatic carbocycles. The summed E-state index contributed by atoms with van der Waals surface area (Å²) in [5, 5.41) is 0. The van der Waals surface area contributed by atoms with Gasteiger partial charge in [-0.25, -0.2) is 8.42 Å². The number of sulfonamides is 1. The zero-order valence-corrected chi connectivity index (χ0v) is 19.0. The lowest BCUT2D eigenvalue weighted by Gasteiger charge is -2.29. The molecular weight excluding hydrogens is 384 g/mol. The molecule has 0 radical (unpaired) electrons. The molecule has 29 heavy (non-hydrogen) atoms. The van der Waals surface area contributed by atoms with E-state index < -0.39 is 10.0 Å². The number of carbonyl (C=O) groups excluding carboxylic acids is 1. The summed E-state index contributed by atoms with van der Waals surface area (Å²) in [5.41, 5.74) is 7.15. The number of carbonyl (C=O) groups is 1. The largest absolute Gasteiger partial charge is 0.312 e. The Labute approximate surface area is 174 Å². The van der Waals surface area contributed by atoms with E-state index in [2.05, 4.69) is 4.72 Å². The third-order valence-electron chi connectivity index (χ3n) is 6.25. The van der Waals surface area contributed by atoms with Crippen LogP contribution in [0.1, 0.15) is 53.1 Å². The van der Waals surface area contributed by atoms with Crippen molar-refractivity contribution in [3.05, 3.63) is 51.6 Å². The molecule has 0 bridgehead atoms. The van der Waals surface area contributed by atoms with Crippen molar-refractivity contribution in [3.8, 4) is 0 Å². The van der Waals surface area contributed by atoms with Crippen molar-refractivity contribution in [1.82, 2.24) is 0 Å². The lowest BCUT2D eigenvalue weighted by molar-refractivity contribution is -0.118. The highest BCUT2D eigenvalue weighted by molar-refractivity contribution is 7.92. The van der Waals surface area contributed by atoms with Gasteiger partial charge in [0.1, 0.15) is 0 Å². The summed E-state index contributed by atoms with van der Waals surface area (Å²) in [6.07, 6.45) is 2.17. The van der Waals surface area contributed by atoms with E-state index in [9.17, 15) is 13.2 Å². The van der Waals surface area contributed by atoms with E-state index in [0.29, 0.717) is 23.5 Å². The van der Waals surface area contributed by atoms with Crippen LogP contribution in [0, 0.1) is 34.6 Å². The molecule has 0 saturated carbocycles. The molecule has 0 aromatic heterocycles. The van der Waals surface area contributed by atoms with Gasteiger partial charge in [0.25, 0.3) is 10.0 Å². The molecule has 1 N–H and O–H groups in total. The Morgan fingerprint density at radius 3 is 2.17 bits per heavy atom. The maximum absolute atomic E-state index is 13.3. The smallest absolute Gasteiger partial charge is 0.262 e. The number of rotatable bonds is 4. The van der Waals surface area contributed by atoms with E-state index in [-0.39, 0.29) is 5.91 Å². The second-order valence-electron chi connectivity index (χ2n) is 7.91. The quantitative estimate of drug-likeness (QED) is 0.787. The molecule has 156 valence electrons. The molecule has 0 aliphatic carbocycles. The molecule has 1 aliphatic heterocycles. The standard InChI is InChI=1S/C23H30N2O3S/c1-7-22(26)25-12-8-9-19-13-20(10-11-21(19)25)24-29(27,28)23-17(5)15(3)14(2)16(4)18(23)6/h10-11,13,24H,7-9,12H2,1-6H3. The third kappa shape index (κ3) is 3.78. The molecule has 3 rings (SSSR count). The van der Waals surface area contributed by atoms with Crippen LogP contribution in [0.5, 0.6) is 0 Å². The van der Waals surface area contributed by atoms with Crippen molar-refractivity contribution in [2.75, 3.05) is 16.2 Å². The predicted octanol–water partition coefficient (Wildman–Crippen LogP) is 4.72. The Morgan fingerprint density at radius 1 is 1.00 bits per heavy atom. The number of nitrogens with zero attached hydrogens (tertiary/aromatic N) is 1. The number of nitrogens with one attached hydrogen (secondary N) is 1. The molecule has 2 aromatic rings. The summed E-state index contributed by atoms with van der Waals surface area (Å²) in [5.74, 6) is 0.0936. The zero-order chi connectivity index (χ0) is 21.5. The molecule has 0 unspecified atom stereocenters. The van der Waals surface area contributed by atoms with Gasteiger partial charge >= 0.3 is 0 Å². The number of benzene rings is 2. The molecule has 0 fully saturated rings. The minimum atomic E-state index is -3.73. The minimum Gasteiger partial charge on any atom is -0.312 e. The highest BCUT2D eigenvalue weighted by Crippen LogP contribution is 2.33. The van der Waals surface area contributed by atoms with E-state index >= 15 is 0 Å². The van der Waals surface area contributed by atoms with Crippen molar-refractivity contribution in [3.63, 3.8) is 0 Å². The van der Waals surface area contributed by atoms with E-state index in [1.165, 1.54) is 0 Å². The predicted molar refractivity (Wildman–Crippen MR) is 118 cm³/mol. The zero-order valence-electron chi connectivity index (χ0n) is 18.1. The molecule has 0 spiro atoms. The lowest BCUT2D eigenvalue weighted by Crippen LogP contribution is -2.34. The number of hydrogen-bond donors (Lipinski definition) is 1. The van der Waals surface area contributed by atoms with Crippen LogP contribution < -0.4 is 9.62 Å². The molecule has 0 saturated heterocycles. The third-order valence-corrected chi connectivity index (χ3v) is 7.91. The van der Waals surface area contributed by atoms with Crippen LogP contribution in [0.25, 0.3) is 0 Å². The Hall–Kier alpha value is -2.34. The summed E-state index contributed by atoms with van der Waals surface area (Å²) in [7, 11) is -3.73. The molecule has 1 aliphatic rings. The second-order valence-corrected chi connectivity index (χ2v) is 9.52. The molecular formula is C23H30N2O3S. The fourth-order valence-corrected chi connectivity index (χ4v) is 5.84. The fourth-order valence-electron chi connectivity index (χ4n) is 4.19. The lowest BCUT2D eigenvalue weighted by atomic mass is 9.95. The van der Waals surface area contributed by atoms with Crippen LogP contribution in [-0.4, -0.2) is 20.9 Å². The van der Waals surface area contributed by atoms with Gasteiger partial charge in [-0.3, -0.25) is 9.52 Å². The van der Waals surface area contributed by atoms with Gasteiger partial charge < -0.3 is 4.90 Å². The van der Waals surface area contributed by atoms with Crippen molar-refractivity contribution in [2.45, 2.75) is 65.7 Å². The van der Waals surface area contributed by atoms with Crippen LogP contribution in [0.3, 0.4) is 0 Å². The first kappa shape index (κ1) is 21.4. The van der Waals surface area contributed by atoms with Crippen molar-refractivity contribution >= 4 is 27.3 Å². The van der Waals surface area contributed by atoms with Gasteiger partial charge in [-0.15, -0.1) is 0 Å². The topological polar surface area (TPSA) is 66.5 Å². The molecule has 1 amide bonds. The van der Waals surface area contributed by atoms with Crippen molar-refractivity contribution < 1.29 is 13.2 Å². The van der Waals surface area contributed by atoms with Gasteiger partial charge in [0.05, 0.1) is 4.90 Å². The van der Waals surface area contributed by atoms with Crippen LogP contribution in [0.15, 0.2) is 23.1 Å². The van der Waals surface area contributed by atoms with Crippen molar-refractivity contribution in [2.24, 2.45) is 0 Å². The van der Waals surface area contributed by atoms with Gasteiger partial charge in [0, 0.05) is 24.3 Å². The van der Waals surface area contributed by atoms with E-state index in [1.54, 1.807) is 11.0 Å². The maximum atomic E-state index is 13.3. The molecule has 0 atom stereocenters. The monoisotopic (exact) mass is 414 g/mol. The van der Waals surface area contributed by atoms with Crippen LogP contribution in [0.4, 0.5) is 11.4 Å². The number of fused-ring (bicyclic) bond motifs is 1. The molecule has 6 heteroatoms. The Morgan fingerprint density at radius 2 is 1.59 bits per heavy atom. The van der Waals surface area contributed by atoms with Gasteiger partial charge in [-0.2, -0.15) is 0 Å². The Bertz CT molecular complexity index is 1060. The summed E-state index contributed by atoms with van der Waals surface area (Å²) in [6, 6.07) is 5.46. The molecule has 1 heterocycles. The number of amides is 1. The second kappa shape index (κ2) is 7.82. The Kier molecular flexibility index (Phi) is 5.77. The van der Waals surface area contributed by atoms with Gasteiger partial charge in [0.15, 0.2) is 0 Å². The van der Waals surface area contributed by atoms with Crippen LogP contribution >= 0.6 is 0 Å². The summed E-state index contributed by atoms with van der Waals surface area (Å²) < 4.78 is 29.3. The van der Waals surface area contributed by atoms with E-state index in [0.717, 1.165) is 51.9 Å². The highest BCUT2D eigenvalue weighted by Gasteiger charge is 2.25. The SMILES string of the molecule is CCC(=O)N1CCCc2cc(NS(=O)(=O)c3c(C)c(C)c(C)c(C)c3C)ccc21. The van der Waals surface area contributed by atoms with Gasteiger partial charge in [0.2, 0.25) is 5.91 Å². The highest BCUT2D eigenvalue weighted by atomic mass is 32.2. The maximum Gasteiger partial charge on any atom is 0.262 e. The number of anilines is 2. The first-order valence-corrected chi connectivity index (χ1v) is 11.6. The number of aryl methyl sites for hydroxylation is 1. The minimum absolute atomic E-state index is 0.0936. The first-order valence-electron chi connectivity index (χ1n) is 10.1. The average Bonchev–Trinajstić information content (AvgIpc) is 2.69. The fraction of sp³-hybridized carbons (Fsp3) is 0.435. The normalized spacial score (nSPS) is 13.9. The van der Waals surface area contributed by atoms with Crippen LogP contribution in [0.2, 0.25) is 0 Å². The Balaban J connectivity index is 2.00. The summed E-state index contributed by atoms with van der Waals surface area (Å²) in [6.45, 7) is 12.3. The van der Waals surface area contributed by atoms with Gasteiger partial charge in [-0.05, 0) is 99.0 Å². The molecule has 5 nitrogen and oxygen atoms in total.